The van der Waals surface area contributed by atoms with Crippen LogP contribution in [-0.2, 0) is 4.74 Å². The number of ether oxygens (including phenoxy) is 1. The molecule has 0 fully saturated rings. The molecule has 178 valence electrons. The summed E-state index contributed by atoms with van der Waals surface area (Å²) < 4.78 is 11.5. The van der Waals surface area contributed by atoms with E-state index in [-0.39, 0.29) is 0 Å². The Morgan fingerprint density at radius 1 is 1.03 bits per heavy atom. The Morgan fingerprint density at radius 3 is 2.06 bits per heavy atom. The zero-order chi connectivity index (χ0) is 23.3. The van der Waals surface area contributed by atoms with Crippen LogP contribution in [0.3, 0.4) is 0 Å². The lowest BCUT2D eigenvalue weighted by Gasteiger charge is -2.21. The number of furan rings is 1. The van der Waals surface area contributed by atoms with E-state index in [1.807, 2.05) is 6.07 Å². The highest BCUT2D eigenvalue weighted by atomic mass is 28.3. The van der Waals surface area contributed by atoms with E-state index in [0.29, 0.717) is 0 Å². The van der Waals surface area contributed by atoms with Gasteiger partial charge >= 0.3 is 12.1 Å². The SMILES string of the molecule is CCCCCCCCCCCCC(OC(=O)N(C)C(=O)NC)c1coc([Si](C)(C)C)c1. The molecule has 0 saturated heterocycles. The van der Waals surface area contributed by atoms with Gasteiger partial charge in [0.2, 0.25) is 0 Å². The maximum absolute atomic E-state index is 12.4. The normalized spacial score (nSPS) is 12.5. The first-order valence-electron chi connectivity index (χ1n) is 12.0. The fraction of sp³-hybridized carbons (Fsp3) is 0.750. The Labute approximate surface area is 190 Å². The number of carbonyl (C=O) groups excluding carboxylic acids is 2. The number of rotatable bonds is 14. The van der Waals surface area contributed by atoms with Crippen molar-refractivity contribution in [3.63, 3.8) is 0 Å². The second-order valence-electron chi connectivity index (χ2n) is 9.45. The van der Waals surface area contributed by atoms with Gasteiger partial charge in [-0.05, 0) is 18.9 Å². The number of hydrogen-bond acceptors (Lipinski definition) is 4. The number of nitrogens with one attached hydrogen (secondary N) is 1. The van der Waals surface area contributed by atoms with Crippen LogP contribution in [0.15, 0.2) is 16.7 Å². The van der Waals surface area contributed by atoms with Gasteiger partial charge in [-0.1, -0.05) is 84.4 Å². The van der Waals surface area contributed by atoms with E-state index in [0.717, 1.165) is 35.1 Å². The third-order valence-corrected chi connectivity index (χ3v) is 7.33. The predicted molar refractivity (Wildman–Crippen MR) is 130 cm³/mol. The summed E-state index contributed by atoms with van der Waals surface area (Å²) in [4.78, 5) is 25.1. The predicted octanol–water partition coefficient (Wildman–Crippen LogP) is 6.58. The van der Waals surface area contributed by atoms with E-state index in [4.69, 9.17) is 9.15 Å². The minimum atomic E-state index is -1.59. The smallest absolute Gasteiger partial charge is 0.418 e. The molecule has 0 aromatic carbocycles. The van der Waals surface area contributed by atoms with E-state index < -0.39 is 26.3 Å². The standard InChI is InChI=1S/C24H44N2O4Si/c1-7-8-9-10-11-12-13-14-15-16-17-21(30-24(28)26(3)23(27)25-2)20-18-22(29-19-20)31(4,5)6/h18-19,21H,7-17H2,1-6H3,(H,25,27). The third kappa shape index (κ3) is 10.4. The molecule has 1 heterocycles. The molecule has 3 amide bonds. The topological polar surface area (TPSA) is 71.8 Å². The molecule has 1 rings (SSSR count). The zero-order valence-electron chi connectivity index (χ0n) is 20.6. The van der Waals surface area contributed by atoms with Gasteiger partial charge in [0.15, 0.2) is 0 Å². The van der Waals surface area contributed by atoms with Crippen LogP contribution in [0.4, 0.5) is 9.59 Å². The number of urea groups is 1. The van der Waals surface area contributed by atoms with Crippen LogP contribution in [0.5, 0.6) is 0 Å². The monoisotopic (exact) mass is 452 g/mol. The summed E-state index contributed by atoms with van der Waals surface area (Å²) in [5.41, 5.74) is 0.881. The summed E-state index contributed by atoms with van der Waals surface area (Å²) in [6, 6.07) is 1.54. The minimum absolute atomic E-state index is 0.400. The number of amides is 3. The van der Waals surface area contributed by atoms with Crippen LogP contribution < -0.4 is 10.7 Å². The maximum Gasteiger partial charge on any atom is 0.418 e. The summed E-state index contributed by atoms with van der Waals surface area (Å²) in [5.74, 6) is 0. The van der Waals surface area contributed by atoms with Crippen molar-refractivity contribution in [1.29, 1.82) is 0 Å². The second kappa shape index (κ2) is 14.3. The van der Waals surface area contributed by atoms with Gasteiger partial charge in [-0.15, -0.1) is 0 Å². The lowest BCUT2D eigenvalue weighted by molar-refractivity contribution is 0.0696. The highest BCUT2D eigenvalue weighted by Gasteiger charge is 2.27. The van der Waals surface area contributed by atoms with Crippen molar-refractivity contribution in [2.75, 3.05) is 14.1 Å². The summed E-state index contributed by atoms with van der Waals surface area (Å²) >= 11 is 0. The second-order valence-corrected chi connectivity index (χ2v) is 14.4. The molecular formula is C24H44N2O4Si. The van der Waals surface area contributed by atoms with Crippen molar-refractivity contribution in [3.8, 4) is 0 Å². The molecule has 0 aliphatic rings. The Bertz CT molecular complexity index is 654. The van der Waals surface area contributed by atoms with Crippen molar-refractivity contribution < 1.29 is 18.7 Å². The summed E-state index contributed by atoms with van der Waals surface area (Å²) in [7, 11) is 1.32. The molecule has 31 heavy (non-hydrogen) atoms. The van der Waals surface area contributed by atoms with Crippen molar-refractivity contribution in [2.24, 2.45) is 0 Å². The van der Waals surface area contributed by atoms with Gasteiger partial charge in [0.05, 0.1) is 11.6 Å². The van der Waals surface area contributed by atoms with E-state index >= 15 is 0 Å². The number of imide groups is 1. The van der Waals surface area contributed by atoms with Gasteiger partial charge in [-0.25, -0.2) is 14.5 Å². The Kier molecular flexibility index (Phi) is 12.6. The average Bonchev–Trinajstić information content (AvgIpc) is 3.23. The van der Waals surface area contributed by atoms with Gasteiger partial charge in [0.25, 0.3) is 0 Å². The highest BCUT2D eigenvalue weighted by Crippen LogP contribution is 2.26. The van der Waals surface area contributed by atoms with Crippen LogP contribution in [0.1, 0.15) is 89.2 Å². The fourth-order valence-electron chi connectivity index (χ4n) is 3.48. The Balaban J connectivity index is 2.57. The molecule has 1 aromatic rings. The van der Waals surface area contributed by atoms with Crippen molar-refractivity contribution in [3.05, 3.63) is 17.9 Å². The first-order valence-corrected chi connectivity index (χ1v) is 15.5. The van der Waals surface area contributed by atoms with Crippen molar-refractivity contribution in [2.45, 2.75) is 103 Å². The first kappa shape index (κ1) is 27.3. The number of hydrogen-bond donors (Lipinski definition) is 1. The summed E-state index contributed by atoms with van der Waals surface area (Å²) in [5, 5.41) is 3.44. The maximum atomic E-state index is 12.4. The largest absolute Gasteiger partial charge is 0.474 e. The van der Waals surface area contributed by atoms with E-state index in [2.05, 4.69) is 31.9 Å². The quantitative estimate of drug-likeness (QED) is 0.255. The van der Waals surface area contributed by atoms with Crippen LogP contribution in [0.2, 0.25) is 19.6 Å². The molecule has 1 unspecified atom stereocenters. The molecule has 0 bridgehead atoms. The molecule has 1 aromatic heterocycles. The van der Waals surface area contributed by atoms with E-state index in [9.17, 15) is 9.59 Å². The van der Waals surface area contributed by atoms with E-state index in [1.165, 1.54) is 65.5 Å². The molecule has 1 atom stereocenters. The van der Waals surface area contributed by atoms with Gasteiger partial charge in [-0.2, -0.15) is 0 Å². The van der Waals surface area contributed by atoms with Gasteiger partial charge in [0, 0.05) is 19.7 Å². The van der Waals surface area contributed by atoms with E-state index in [1.54, 1.807) is 6.26 Å². The fourth-order valence-corrected chi connectivity index (χ4v) is 4.49. The molecule has 0 aliphatic carbocycles. The zero-order valence-corrected chi connectivity index (χ0v) is 21.6. The Hall–Kier alpha value is -1.76. The van der Waals surface area contributed by atoms with Crippen molar-refractivity contribution >= 4 is 25.6 Å². The molecule has 0 aliphatic heterocycles. The lowest BCUT2D eigenvalue weighted by Crippen LogP contribution is -2.40. The molecule has 1 N–H and O–H groups in total. The molecular weight excluding hydrogens is 408 g/mol. The average molecular weight is 453 g/mol. The summed E-state index contributed by atoms with van der Waals surface area (Å²) in [6.45, 7) is 8.91. The molecule has 0 saturated carbocycles. The minimum Gasteiger partial charge on any atom is -0.474 e. The van der Waals surface area contributed by atoms with Crippen LogP contribution in [0.25, 0.3) is 0 Å². The van der Waals surface area contributed by atoms with Gasteiger partial charge < -0.3 is 14.5 Å². The van der Waals surface area contributed by atoms with Gasteiger partial charge in [-0.3, -0.25) is 0 Å². The van der Waals surface area contributed by atoms with Crippen molar-refractivity contribution in [1.82, 2.24) is 10.2 Å². The van der Waals surface area contributed by atoms with Crippen LogP contribution >= 0.6 is 0 Å². The van der Waals surface area contributed by atoms with Crippen LogP contribution in [0, 0.1) is 0 Å². The summed E-state index contributed by atoms with van der Waals surface area (Å²) in [6.07, 6.45) is 14.0. The number of nitrogens with zero attached hydrogens (tertiary/aromatic N) is 1. The number of unbranched alkanes of at least 4 members (excludes halogenated alkanes) is 9. The third-order valence-electron chi connectivity index (χ3n) is 5.59. The Morgan fingerprint density at radius 2 is 1.58 bits per heavy atom. The van der Waals surface area contributed by atoms with Gasteiger partial charge in [0.1, 0.15) is 14.2 Å². The highest BCUT2D eigenvalue weighted by molar-refractivity contribution is 6.87. The molecule has 0 radical (unpaired) electrons. The molecule has 6 nitrogen and oxygen atoms in total. The first-order chi connectivity index (χ1) is 14.7. The number of carbonyl (C=O) groups is 2. The molecule has 7 heteroatoms. The molecule has 0 spiro atoms. The lowest BCUT2D eigenvalue weighted by atomic mass is 10.0. The van der Waals surface area contributed by atoms with Crippen LogP contribution in [-0.4, -0.2) is 39.2 Å².